The zero-order valence-corrected chi connectivity index (χ0v) is 7.34. The number of aldehydes is 1. The molecule has 1 rings (SSSR count). The Hall–Kier alpha value is -0.640. The highest BCUT2D eigenvalue weighted by Crippen LogP contribution is 2.14. The fourth-order valence-electron chi connectivity index (χ4n) is 0.684. The summed E-state index contributed by atoms with van der Waals surface area (Å²) in [5.74, 6) is 0.828. The smallest absolute Gasteiger partial charge is 0.171 e. The number of imidazole rings is 1. The van der Waals surface area contributed by atoms with Crippen LogP contribution in [0.5, 0.6) is 0 Å². The summed E-state index contributed by atoms with van der Waals surface area (Å²) < 4.78 is 2.55. The van der Waals surface area contributed by atoms with Gasteiger partial charge in [-0.1, -0.05) is 0 Å². The Labute approximate surface area is 67.2 Å². The first-order valence-corrected chi connectivity index (χ1v) is 3.60. The van der Waals surface area contributed by atoms with Gasteiger partial charge in [-0.25, -0.2) is 4.98 Å². The summed E-state index contributed by atoms with van der Waals surface area (Å²) in [6.45, 7) is 1.84. The molecule has 1 aromatic heterocycles. The van der Waals surface area contributed by atoms with Crippen LogP contribution in [0.4, 0.5) is 0 Å². The van der Waals surface area contributed by atoms with E-state index in [2.05, 4.69) is 20.9 Å². The van der Waals surface area contributed by atoms with Crippen LogP contribution in [0.1, 0.15) is 16.3 Å². The SMILES string of the molecule is Cc1nc(C=O)c(Br)n1C. The molecule has 0 radical (unpaired) electrons. The third-order valence-electron chi connectivity index (χ3n) is 1.39. The Bertz CT molecular complexity index is 267. The molecule has 4 heteroatoms. The molecule has 0 unspecified atom stereocenters. The Kier molecular flexibility index (Phi) is 1.89. The van der Waals surface area contributed by atoms with Crippen LogP contribution >= 0.6 is 15.9 Å². The van der Waals surface area contributed by atoms with E-state index in [4.69, 9.17) is 0 Å². The summed E-state index contributed by atoms with van der Waals surface area (Å²) in [6, 6.07) is 0. The van der Waals surface area contributed by atoms with E-state index < -0.39 is 0 Å². The van der Waals surface area contributed by atoms with Gasteiger partial charge >= 0.3 is 0 Å². The lowest BCUT2D eigenvalue weighted by molar-refractivity contribution is 0.111. The molecule has 1 aromatic rings. The number of halogens is 1. The molecule has 0 aliphatic rings. The number of rotatable bonds is 1. The van der Waals surface area contributed by atoms with E-state index in [0.29, 0.717) is 5.69 Å². The highest BCUT2D eigenvalue weighted by molar-refractivity contribution is 9.10. The van der Waals surface area contributed by atoms with Gasteiger partial charge < -0.3 is 4.57 Å². The normalized spacial score (nSPS) is 9.90. The predicted octanol–water partition coefficient (Wildman–Crippen LogP) is 1.30. The molecule has 0 fully saturated rings. The lowest BCUT2D eigenvalue weighted by atomic mass is 10.5. The second kappa shape index (κ2) is 2.54. The second-order valence-corrected chi connectivity index (χ2v) is 2.76. The van der Waals surface area contributed by atoms with E-state index in [1.807, 2.05) is 18.5 Å². The zero-order chi connectivity index (χ0) is 7.72. The summed E-state index contributed by atoms with van der Waals surface area (Å²) in [6.07, 6.45) is 0.733. The maximum atomic E-state index is 10.3. The van der Waals surface area contributed by atoms with Gasteiger partial charge in [-0.15, -0.1) is 0 Å². The topological polar surface area (TPSA) is 34.9 Å². The van der Waals surface area contributed by atoms with Crippen molar-refractivity contribution < 1.29 is 4.79 Å². The zero-order valence-electron chi connectivity index (χ0n) is 5.76. The first-order chi connectivity index (χ1) is 4.66. The molecule has 10 heavy (non-hydrogen) atoms. The number of carbonyl (C=O) groups excluding carboxylic acids is 1. The summed E-state index contributed by atoms with van der Waals surface area (Å²) in [5.41, 5.74) is 0.458. The summed E-state index contributed by atoms with van der Waals surface area (Å²) >= 11 is 3.23. The minimum Gasteiger partial charge on any atom is -0.326 e. The van der Waals surface area contributed by atoms with Crippen LogP contribution in [0.15, 0.2) is 4.60 Å². The van der Waals surface area contributed by atoms with Crippen molar-refractivity contribution in [1.29, 1.82) is 0 Å². The van der Waals surface area contributed by atoms with Gasteiger partial charge in [-0.2, -0.15) is 0 Å². The van der Waals surface area contributed by atoms with E-state index >= 15 is 0 Å². The van der Waals surface area contributed by atoms with Crippen LogP contribution < -0.4 is 0 Å². The van der Waals surface area contributed by atoms with E-state index in [-0.39, 0.29) is 0 Å². The van der Waals surface area contributed by atoms with Gasteiger partial charge in [0.05, 0.1) is 0 Å². The van der Waals surface area contributed by atoms with Gasteiger partial charge in [0.25, 0.3) is 0 Å². The number of hydrogen-bond donors (Lipinski definition) is 0. The molecule has 0 aromatic carbocycles. The average molecular weight is 203 g/mol. The molecular formula is C6H7BrN2O. The molecule has 0 aliphatic carbocycles. The standard InChI is InChI=1S/C6H7BrN2O/c1-4-8-5(3-10)6(7)9(4)2/h3H,1-2H3. The number of nitrogens with zero attached hydrogens (tertiary/aromatic N) is 2. The Morgan fingerprint density at radius 3 is 2.50 bits per heavy atom. The van der Waals surface area contributed by atoms with Crippen molar-refractivity contribution in [3.8, 4) is 0 Å². The van der Waals surface area contributed by atoms with Crippen molar-refractivity contribution in [2.45, 2.75) is 6.92 Å². The molecule has 0 aliphatic heterocycles. The Balaban J connectivity index is 3.30. The Morgan fingerprint density at radius 2 is 2.30 bits per heavy atom. The number of aromatic nitrogens is 2. The van der Waals surface area contributed by atoms with Gasteiger partial charge in [-0.05, 0) is 22.9 Å². The van der Waals surface area contributed by atoms with Gasteiger partial charge in [0, 0.05) is 7.05 Å². The van der Waals surface area contributed by atoms with Crippen LogP contribution in [-0.4, -0.2) is 15.8 Å². The van der Waals surface area contributed by atoms with Crippen LogP contribution in [-0.2, 0) is 7.05 Å². The van der Waals surface area contributed by atoms with Crippen LogP contribution in [0, 0.1) is 6.92 Å². The monoisotopic (exact) mass is 202 g/mol. The van der Waals surface area contributed by atoms with E-state index in [1.54, 1.807) is 0 Å². The third-order valence-corrected chi connectivity index (χ3v) is 2.32. The van der Waals surface area contributed by atoms with Crippen molar-refractivity contribution in [2.24, 2.45) is 7.05 Å². The second-order valence-electron chi connectivity index (χ2n) is 2.01. The highest BCUT2D eigenvalue weighted by Gasteiger charge is 2.06. The minimum absolute atomic E-state index is 0.458. The third kappa shape index (κ3) is 0.988. The van der Waals surface area contributed by atoms with E-state index in [9.17, 15) is 4.79 Å². The first kappa shape index (κ1) is 7.47. The first-order valence-electron chi connectivity index (χ1n) is 2.81. The minimum atomic E-state index is 0.458. The fraction of sp³-hybridized carbons (Fsp3) is 0.333. The van der Waals surface area contributed by atoms with Gasteiger partial charge in [0.1, 0.15) is 16.1 Å². The summed E-state index contributed by atoms with van der Waals surface area (Å²) in [5, 5.41) is 0. The molecule has 0 spiro atoms. The molecule has 0 saturated heterocycles. The van der Waals surface area contributed by atoms with Crippen molar-refractivity contribution >= 4 is 22.2 Å². The van der Waals surface area contributed by atoms with Crippen LogP contribution in [0.25, 0.3) is 0 Å². The maximum Gasteiger partial charge on any atom is 0.171 e. The van der Waals surface area contributed by atoms with Gasteiger partial charge in [-0.3, -0.25) is 4.79 Å². The van der Waals surface area contributed by atoms with Crippen LogP contribution in [0.3, 0.4) is 0 Å². The van der Waals surface area contributed by atoms with Crippen LogP contribution in [0.2, 0.25) is 0 Å². The number of aryl methyl sites for hydroxylation is 1. The Morgan fingerprint density at radius 1 is 1.70 bits per heavy atom. The molecule has 1 heterocycles. The van der Waals surface area contributed by atoms with Crippen molar-refractivity contribution in [3.63, 3.8) is 0 Å². The molecular weight excluding hydrogens is 196 g/mol. The highest BCUT2D eigenvalue weighted by atomic mass is 79.9. The van der Waals surface area contributed by atoms with E-state index in [1.165, 1.54) is 0 Å². The molecule has 54 valence electrons. The predicted molar refractivity (Wildman–Crippen MR) is 41.0 cm³/mol. The lowest BCUT2D eigenvalue weighted by Gasteiger charge is -1.92. The largest absolute Gasteiger partial charge is 0.326 e. The van der Waals surface area contributed by atoms with Crippen molar-refractivity contribution in [1.82, 2.24) is 9.55 Å². The lowest BCUT2D eigenvalue weighted by Crippen LogP contribution is -1.90. The summed E-state index contributed by atoms with van der Waals surface area (Å²) in [7, 11) is 1.85. The molecule has 0 saturated carbocycles. The molecule has 3 nitrogen and oxygen atoms in total. The number of hydrogen-bond acceptors (Lipinski definition) is 2. The number of carbonyl (C=O) groups is 1. The van der Waals surface area contributed by atoms with Gasteiger partial charge in [0.15, 0.2) is 6.29 Å². The molecule has 0 N–H and O–H groups in total. The average Bonchev–Trinajstić information content (AvgIpc) is 2.17. The quantitative estimate of drug-likeness (QED) is 0.644. The van der Waals surface area contributed by atoms with Gasteiger partial charge in [0.2, 0.25) is 0 Å². The maximum absolute atomic E-state index is 10.3. The van der Waals surface area contributed by atoms with Crippen molar-refractivity contribution in [2.75, 3.05) is 0 Å². The molecule has 0 amide bonds. The molecule has 0 atom stereocenters. The fourth-order valence-corrected chi connectivity index (χ4v) is 1.12. The van der Waals surface area contributed by atoms with Crippen molar-refractivity contribution in [3.05, 3.63) is 16.1 Å². The molecule has 0 bridgehead atoms. The van der Waals surface area contributed by atoms with E-state index in [0.717, 1.165) is 16.7 Å². The summed E-state index contributed by atoms with van der Waals surface area (Å²) in [4.78, 5) is 14.3.